The summed E-state index contributed by atoms with van der Waals surface area (Å²) in [6.07, 6.45) is 0.261. The van der Waals surface area contributed by atoms with E-state index in [9.17, 15) is 22.8 Å². The van der Waals surface area contributed by atoms with Gasteiger partial charge in [-0.05, 0) is 43.5 Å². The molecule has 0 aliphatic carbocycles. The van der Waals surface area contributed by atoms with Crippen molar-refractivity contribution in [2.24, 2.45) is 0 Å². The number of benzene rings is 2. The van der Waals surface area contributed by atoms with E-state index >= 15 is 0 Å². The van der Waals surface area contributed by atoms with E-state index in [0.29, 0.717) is 27.6 Å². The van der Waals surface area contributed by atoms with Gasteiger partial charge in [-0.1, -0.05) is 24.3 Å². The predicted molar refractivity (Wildman–Crippen MR) is 128 cm³/mol. The van der Waals surface area contributed by atoms with Crippen molar-refractivity contribution in [2.45, 2.75) is 25.4 Å². The minimum atomic E-state index is -4.64. The summed E-state index contributed by atoms with van der Waals surface area (Å²) >= 11 is 1.37. The van der Waals surface area contributed by atoms with E-state index in [0.717, 1.165) is 44.5 Å². The van der Waals surface area contributed by atoms with Gasteiger partial charge in [0.1, 0.15) is 5.69 Å². The van der Waals surface area contributed by atoms with Gasteiger partial charge in [0.15, 0.2) is 4.96 Å². The van der Waals surface area contributed by atoms with Crippen LogP contribution in [0.25, 0.3) is 16.2 Å². The molecule has 0 bridgehead atoms. The molecule has 4 aromatic rings. The molecule has 2 amide bonds. The number of carbonyl (C=O) groups is 2. The highest BCUT2D eigenvalue weighted by Gasteiger charge is 2.34. The van der Waals surface area contributed by atoms with Crippen molar-refractivity contribution >= 4 is 33.8 Å². The first-order chi connectivity index (χ1) is 16.8. The molecule has 35 heavy (non-hydrogen) atoms. The first-order valence-electron chi connectivity index (χ1n) is 11.1. The van der Waals surface area contributed by atoms with E-state index in [4.69, 9.17) is 0 Å². The largest absolute Gasteiger partial charge is 0.417 e. The summed E-state index contributed by atoms with van der Waals surface area (Å²) in [4.78, 5) is 32.7. The molecule has 2 aromatic heterocycles. The van der Waals surface area contributed by atoms with Gasteiger partial charge in [-0.2, -0.15) is 13.2 Å². The molecular weight excluding hydrogens is 477 g/mol. The Hall–Kier alpha value is -3.66. The third kappa shape index (κ3) is 4.66. The number of piperidine rings is 1. The third-order valence-corrected chi connectivity index (χ3v) is 6.80. The number of likely N-dealkylation sites (tertiary alicyclic amines) is 1. The quantitative estimate of drug-likeness (QED) is 0.378. The number of anilines is 1. The maximum atomic E-state index is 13.3. The fraction of sp³-hybridized carbons (Fsp3) is 0.240. The topological polar surface area (TPSA) is 66.7 Å². The molecule has 0 radical (unpaired) electrons. The molecule has 1 N–H and O–H groups in total. The van der Waals surface area contributed by atoms with Crippen molar-refractivity contribution in [1.82, 2.24) is 14.3 Å². The number of imidazole rings is 1. The maximum Gasteiger partial charge on any atom is 0.417 e. The van der Waals surface area contributed by atoms with Gasteiger partial charge >= 0.3 is 6.18 Å². The Morgan fingerprint density at radius 2 is 1.77 bits per heavy atom. The van der Waals surface area contributed by atoms with Crippen LogP contribution in [0, 0.1) is 0 Å². The van der Waals surface area contributed by atoms with Crippen molar-refractivity contribution in [3.05, 3.63) is 76.9 Å². The monoisotopic (exact) mass is 498 g/mol. The van der Waals surface area contributed by atoms with Gasteiger partial charge in [0, 0.05) is 35.9 Å². The van der Waals surface area contributed by atoms with Crippen LogP contribution in [0.3, 0.4) is 0 Å². The number of alkyl halides is 3. The summed E-state index contributed by atoms with van der Waals surface area (Å²) in [5.74, 6) is -0.875. The Balaban J connectivity index is 1.40. The van der Waals surface area contributed by atoms with E-state index in [2.05, 4.69) is 10.3 Å². The minimum Gasteiger partial charge on any atom is -0.337 e. The lowest BCUT2D eigenvalue weighted by atomic mass is 10.1. The minimum absolute atomic E-state index is 0.0238. The Kier molecular flexibility index (Phi) is 6.06. The number of nitrogens with zero attached hydrogens (tertiary/aromatic N) is 3. The summed E-state index contributed by atoms with van der Waals surface area (Å²) in [7, 11) is 0. The van der Waals surface area contributed by atoms with Crippen LogP contribution in [0.2, 0.25) is 0 Å². The van der Waals surface area contributed by atoms with Gasteiger partial charge in [0.05, 0.1) is 16.8 Å². The van der Waals surface area contributed by atoms with Crippen LogP contribution in [0.1, 0.15) is 45.7 Å². The molecule has 2 aromatic carbocycles. The van der Waals surface area contributed by atoms with Crippen molar-refractivity contribution < 1.29 is 22.8 Å². The Morgan fingerprint density at radius 3 is 2.54 bits per heavy atom. The van der Waals surface area contributed by atoms with Crippen molar-refractivity contribution in [3.8, 4) is 11.3 Å². The Bertz CT molecular complexity index is 1400. The molecule has 5 rings (SSSR count). The van der Waals surface area contributed by atoms with E-state index in [1.165, 1.54) is 23.5 Å². The molecular formula is C25H21F3N4O2S. The zero-order valence-electron chi connectivity index (χ0n) is 18.5. The number of nitrogens with one attached hydrogen (secondary N) is 1. The first-order valence-corrected chi connectivity index (χ1v) is 12.0. The molecule has 0 unspecified atom stereocenters. The highest BCUT2D eigenvalue weighted by Crippen LogP contribution is 2.32. The molecule has 180 valence electrons. The fourth-order valence-electron chi connectivity index (χ4n) is 4.22. The second-order valence-electron chi connectivity index (χ2n) is 8.33. The number of hydrogen-bond acceptors (Lipinski definition) is 4. The molecule has 0 spiro atoms. The zero-order chi connectivity index (χ0) is 24.6. The summed E-state index contributed by atoms with van der Waals surface area (Å²) < 4.78 is 41.7. The number of amides is 2. The van der Waals surface area contributed by atoms with Crippen LogP contribution in [0.4, 0.5) is 18.9 Å². The number of aromatic nitrogens is 2. The summed E-state index contributed by atoms with van der Waals surface area (Å²) in [6, 6.07) is 11.4. The number of fused-ring (bicyclic) bond motifs is 1. The maximum absolute atomic E-state index is 13.3. The second kappa shape index (κ2) is 9.18. The van der Waals surface area contributed by atoms with Crippen LogP contribution < -0.4 is 5.32 Å². The predicted octanol–water partition coefficient (Wildman–Crippen LogP) is 5.96. The average molecular weight is 499 g/mol. The van der Waals surface area contributed by atoms with Gasteiger partial charge in [-0.3, -0.25) is 14.0 Å². The van der Waals surface area contributed by atoms with E-state index < -0.39 is 23.2 Å². The van der Waals surface area contributed by atoms with Crippen molar-refractivity contribution in [1.29, 1.82) is 0 Å². The van der Waals surface area contributed by atoms with E-state index in [1.807, 2.05) is 4.90 Å². The number of carbonyl (C=O) groups excluding carboxylic acids is 2. The zero-order valence-corrected chi connectivity index (χ0v) is 19.3. The van der Waals surface area contributed by atoms with Crippen molar-refractivity contribution in [2.75, 3.05) is 18.4 Å². The van der Waals surface area contributed by atoms with Gasteiger partial charge in [-0.25, -0.2) is 4.98 Å². The standard InChI is InChI=1S/C25H21F3N4O2S/c26-25(27,28)19-10-3-2-9-18(19)22(33)29-17-8-6-7-16(13-17)20-14-32-21(15-35-24(32)30-20)23(34)31-11-4-1-5-12-31/h2-3,6-10,13-15H,1,4-5,11-12H2,(H,29,33). The SMILES string of the molecule is O=C(Nc1cccc(-c2cn3c(C(=O)N4CCCCC4)csc3n2)c1)c1ccccc1C(F)(F)F. The molecule has 0 saturated carbocycles. The lowest BCUT2D eigenvalue weighted by molar-refractivity contribution is -0.137. The smallest absolute Gasteiger partial charge is 0.337 e. The molecule has 6 nitrogen and oxygen atoms in total. The van der Waals surface area contributed by atoms with Gasteiger partial charge in [0.25, 0.3) is 11.8 Å². The number of thiazole rings is 1. The number of rotatable bonds is 4. The number of hydrogen-bond donors (Lipinski definition) is 1. The fourth-order valence-corrected chi connectivity index (χ4v) is 5.07. The highest BCUT2D eigenvalue weighted by atomic mass is 32.1. The Labute approximate surface area is 203 Å². The van der Waals surface area contributed by atoms with Crippen LogP contribution in [-0.4, -0.2) is 39.2 Å². The van der Waals surface area contributed by atoms with Gasteiger partial charge in [-0.15, -0.1) is 11.3 Å². The van der Waals surface area contributed by atoms with Crippen LogP contribution in [0.5, 0.6) is 0 Å². The van der Waals surface area contributed by atoms with Crippen molar-refractivity contribution in [3.63, 3.8) is 0 Å². The van der Waals surface area contributed by atoms with E-state index in [-0.39, 0.29) is 5.91 Å². The first kappa shape index (κ1) is 23.1. The average Bonchev–Trinajstić information content (AvgIpc) is 3.45. The molecule has 1 fully saturated rings. The normalized spacial score (nSPS) is 14.3. The van der Waals surface area contributed by atoms with Crippen LogP contribution in [-0.2, 0) is 6.18 Å². The molecule has 1 saturated heterocycles. The molecule has 1 aliphatic rings. The lowest BCUT2D eigenvalue weighted by Crippen LogP contribution is -2.36. The summed E-state index contributed by atoms with van der Waals surface area (Å²) in [6.45, 7) is 1.49. The molecule has 3 heterocycles. The third-order valence-electron chi connectivity index (χ3n) is 5.96. The second-order valence-corrected chi connectivity index (χ2v) is 9.17. The summed E-state index contributed by atoms with van der Waals surface area (Å²) in [5.41, 5.74) is 0.711. The molecule has 10 heteroatoms. The molecule has 0 atom stereocenters. The lowest BCUT2D eigenvalue weighted by Gasteiger charge is -2.26. The Morgan fingerprint density at radius 1 is 1.00 bits per heavy atom. The van der Waals surface area contributed by atoms with Gasteiger partial charge in [0.2, 0.25) is 0 Å². The van der Waals surface area contributed by atoms with Gasteiger partial charge < -0.3 is 10.2 Å². The number of halogens is 3. The van der Waals surface area contributed by atoms with Crippen LogP contribution in [0.15, 0.2) is 60.1 Å². The van der Waals surface area contributed by atoms with E-state index in [1.54, 1.807) is 40.2 Å². The highest BCUT2D eigenvalue weighted by molar-refractivity contribution is 7.15. The van der Waals surface area contributed by atoms with Crippen LogP contribution >= 0.6 is 11.3 Å². The summed E-state index contributed by atoms with van der Waals surface area (Å²) in [5, 5.41) is 4.35. The molecule has 1 aliphatic heterocycles.